The lowest BCUT2D eigenvalue weighted by Gasteiger charge is -2.27. The van der Waals surface area contributed by atoms with Crippen LogP contribution in [-0.2, 0) is 35.4 Å². The van der Waals surface area contributed by atoms with Crippen molar-refractivity contribution in [2.45, 2.75) is 31.7 Å². The lowest BCUT2D eigenvalue weighted by molar-refractivity contribution is -0.142. The molecule has 1 saturated heterocycles. The molecule has 1 N–H and O–H groups in total. The summed E-state index contributed by atoms with van der Waals surface area (Å²) in [5.74, 6) is -1.68. The molecule has 1 atom stereocenters. The van der Waals surface area contributed by atoms with Crippen LogP contribution in [0.25, 0.3) is 0 Å². The highest BCUT2D eigenvalue weighted by Crippen LogP contribution is 2.22. The van der Waals surface area contributed by atoms with E-state index >= 15 is 0 Å². The molecule has 9 nitrogen and oxygen atoms in total. The van der Waals surface area contributed by atoms with Gasteiger partial charge in [0.2, 0.25) is 5.91 Å². The Labute approximate surface area is 169 Å². The number of rotatable bonds is 7. The lowest BCUT2D eigenvalue weighted by atomic mass is 10.1. The normalized spacial score (nSPS) is 20.8. The summed E-state index contributed by atoms with van der Waals surface area (Å²) in [7, 11) is -3.19. The highest BCUT2D eigenvalue weighted by molar-refractivity contribution is 7.91. The minimum atomic E-state index is -3.19. The number of amides is 2. The summed E-state index contributed by atoms with van der Waals surface area (Å²) in [5, 5.41) is 7.78. The van der Waals surface area contributed by atoms with Crippen molar-refractivity contribution in [1.29, 1.82) is 0 Å². The van der Waals surface area contributed by atoms with Crippen molar-refractivity contribution in [3.63, 3.8) is 0 Å². The number of hydrogen-bond donors (Lipinski definition) is 1. The fourth-order valence-electron chi connectivity index (χ4n) is 3.23. The van der Waals surface area contributed by atoms with E-state index < -0.39 is 34.4 Å². The van der Waals surface area contributed by atoms with Gasteiger partial charge in [0.05, 0.1) is 17.5 Å². The fraction of sp³-hybridized carbons (Fsp3) is 0.474. The Morgan fingerprint density at radius 1 is 1.21 bits per heavy atom. The Balaban J connectivity index is 1.47. The van der Waals surface area contributed by atoms with Gasteiger partial charge in [0.25, 0.3) is 5.91 Å². The molecule has 0 aliphatic carbocycles. The summed E-state index contributed by atoms with van der Waals surface area (Å²) >= 11 is 0. The van der Waals surface area contributed by atoms with Crippen molar-refractivity contribution in [3.05, 3.63) is 35.9 Å². The van der Waals surface area contributed by atoms with E-state index in [0.29, 0.717) is 19.4 Å². The molecule has 1 aromatic rings. The quantitative estimate of drug-likeness (QED) is 0.621. The van der Waals surface area contributed by atoms with Crippen molar-refractivity contribution in [3.8, 4) is 0 Å². The van der Waals surface area contributed by atoms with Gasteiger partial charge in [0.15, 0.2) is 16.4 Å². The van der Waals surface area contributed by atoms with Crippen molar-refractivity contribution in [2.75, 3.05) is 24.7 Å². The Morgan fingerprint density at radius 3 is 2.66 bits per heavy atom. The summed E-state index contributed by atoms with van der Waals surface area (Å²) in [6.07, 6.45) is 1.11. The van der Waals surface area contributed by atoms with Gasteiger partial charge in [-0.25, -0.2) is 18.2 Å². The molecule has 2 amide bonds. The van der Waals surface area contributed by atoms with Crippen molar-refractivity contribution < 1.29 is 27.5 Å². The van der Waals surface area contributed by atoms with Crippen LogP contribution >= 0.6 is 0 Å². The summed E-state index contributed by atoms with van der Waals surface area (Å²) in [5.41, 5.74) is 1.10. The molecule has 0 spiro atoms. The third-order valence-electron chi connectivity index (χ3n) is 4.76. The zero-order chi connectivity index (χ0) is 20.9. The molecule has 156 valence electrons. The van der Waals surface area contributed by atoms with Crippen LogP contribution < -0.4 is 5.32 Å². The maximum atomic E-state index is 12.2. The Kier molecular flexibility index (Phi) is 6.63. The molecule has 29 heavy (non-hydrogen) atoms. The number of benzene rings is 1. The highest BCUT2D eigenvalue weighted by Gasteiger charge is 2.37. The molecular weight excluding hydrogens is 398 g/mol. The van der Waals surface area contributed by atoms with E-state index in [1.807, 2.05) is 30.3 Å². The number of hydrazone groups is 1. The molecule has 0 radical (unpaired) electrons. The standard InChI is InChI=1S/C19H23N3O6S/c23-17(20-10-8-14-4-2-1-3-5-14)12-28-19(25)16-6-7-18(24)22(21-16)15-9-11-29(26,27)13-15/h1-5,15H,6-13H2,(H,20,23)/t15-/m0/s1. The number of ether oxygens (including phenoxy) is 1. The van der Waals surface area contributed by atoms with E-state index in [1.165, 1.54) is 0 Å². The van der Waals surface area contributed by atoms with Crippen LogP contribution in [0, 0.1) is 0 Å². The molecule has 0 unspecified atom stereocenters. The topological polar surface area (TPSA) is 122 Å². The van der Waals surface area contributed by atoms with Crippen LogP contribution in [0.1, 0.15) is 24.8 Å². The number of sulfone groups is 1. The molecular formula is C19H23N3O6S. The molecule has 1 fully saturated rings. The maximum absolute atomic E-state index is 12.2. The van der Waals surface area contributed by atoms with Crippen LogP contribution in [0.15, 0.2) is 35.4 Å². The summed E-state index contributed by atoms with van der Waals surface area (Å²) in [6.45, 7) is -0.0296. The molecule has 2 heterocycles. The van der Waals surface area contributed by atoms with Gasteiger partial charge in [-0.1, -0.05) is 30.3 Å². The third-order valence-corrected chi connectivity index (χ3v) is 6.51. The Bertz CT molecular complexity index is 913. The van der Waals surface area contributed by atoms with E-state index in [-0.39, 0.29) is 36.0 Å². The highest BCUT2D eigenvalue weighted by atomic mass is 32.2. The van der Waals surface area contributed by atoms with Gasteiger partial charge in [0, 0.05) is 19.4 Å². The molecule has 1 aromatic carbocycles. The van der Waals surface area contributed by atoms with Crippen LogP contribution in [0.3, 0.4) is 0 Å². The minimum Gasteiger partial charge on any atom is -0.451 e. The van der Waals surface area contributed by atoms with Crippen LogP contribution in [0.5, 0.6) is 0 Å². The lowest BCUT2D eigenvalue weighted by Crippen LogP contribution is -2.42. The fourth-order valence-corrected chi connectivity index (χ4v) is 4.92. The number of hydrogen-bond acceptors (Lipinski definition) is 7. The molecule has 0 bridgehead atoms. The second-order valence-corrected chi connectivity index (χ2v) is 9.23. The summed E-state index contributed by atoms with van der Waals surface area (Å²) in [4.78, 5) is 36.1. The van der Waals surface area contributed by atoms with Crippen molar-refractivity contribution >= 4 is 33.3 Å². The zero-order valence-corrected chi connectivity index (χ0v) is 16.7. The number of esters is 1. The van der Waals surface area contributed by atoms with E-state index in [9.17, 15) is 22.8 Å². The molecule has 10 heteroatoms. The number of carbonyl (C=O) groups excluding carboxylic acids is 3. The van der Waals surface area contributed by atoms with Gasteiger partial charge in [-0.15, -0.1) is 0 Å². The van der Waals surface area contributed by atoms with Gasteiger partial charge in [0.1, 0.15) is 5.71 Å². The van der Waals surface area contributed by atoms with E-state index in [2.05, 4.69) is 10.4 Å². The van der Waals surface area contributed by atoms with E-state index in [4.69, 9.17) is 4.74 Å². The smallest absolute Gasteiger partial charge is 0.355 e. The number of nitrogens with zero attached hydrogens (tertiary/aromatic N) is 2. The molecule has 0 saturated carbocycles. The van der Waals surface area contributed by atoms with Crippen LogP contribution in [0.2, 0.25) is 0 Å². The molecule has 2 aliphatic heterocycles. The van der Waals surface area contributed by atoms with E-state index in [0.717, 1.165) is 10.6 Å². The SMILES string of the molecule is O=C(COC(=O)C1=NN([C@H]2CCS(=O)(=O)C2)C(=O)CC1)NCCc1ccccc1. The maximum Gasteiger partial charge on any atom is 0.355 e. The van der Waals surface area contributed by atoms with Gasteiger partial charge in [-0.3, -0.25) is 9.59 Å². The van der Waals surface area contributed by atoms with Crippen molar-refractivity contribution in [1.82, 2.24) is 10.3 Å². The first-order chi connectivity index (χ1) is 13.8. The predicted molar refractivity (Wildman–Crippen MR) is 105 cm³/mol. The first-order valence-electron chi connectivity index (χ1n) is 9.42. The third kappa shape index (κ3) is 5.86. The minimum absolute atomic E-state index is 0.000100. The molecule has 2 aliphatic rings. The summed E-state index contributed by atoms with van der Waals surface area (Å²) < 4.78 is 28.3. The number of nitrogens with one attached hydrogen (secondary N) is 1. The van der Waals surface area contributed by atoms with E-state index in [1.54, 1.807) is 0 Å². The van der Waals surface area contributed by atoms with Crippen LogP contribution in [-0.4, -0.2) is 67.6 Å². The second kappa shape index (κ2) is 9.17. The zero-order valence-electron chi connectivity index (χ0n) is 15.9. The van der Waals surface area contributed by atoms with Crippen LogP contribution in [0.4, 0.5) is 0 Å². The van der Waals surface area contributed by atoms with Gasteiger partial charge in [-0.2, -0.15) is 5.10 Å². The first-order valence-corrected chi connectivity index (χ1v) is 11.2. The number of carbonyl (C=O) groups is 3. The van der Waals surface area contributed by atoms with Crippen molar-refractivity contribution in [2.24, 2.45) is 5.10 Å². The average molecular weight is 421 g/mol. The Hall–Kier alpha value is -2.75. The Morgan fingerprint density at radius 2 is 1.97 bits per heavy atom. The van der Waals surface area contributed by atoms with Gasteiger partial charge in [-0.05, 0) is 18.4 Å². The molecule has 0 aromatic heterocycles. The first kappa shape index (κ1) is 21.0. The largest absolute Gasteiger partial charge is 0.451 e. The molecule has 3 rings (SSSR count). The predicted octanol–water partition coefficient (Wildman–Crippen LogP) is 0.0540. The van der Waals surface area contributed by atoms with Gasteiger partial charge >= 0.3 is 5.97 Å². The summed E-state index contributed by atoms with van der Waals surface area (Å²) in [6, 6.07) is 9.09. The average Bonchev–Trinajstić information content (AvgIpc) is 3.07. The van der Waals surface area contributed by atoms with Gasteiger partial charge < -0.3 is 10.1 Å². The second-order valence-electron chi connectivity index (χ2n) is 7.00. The monoisotopic (exact) mass is 421 g/mol.